The number of anilines is 2. The zero-order valence-corrected chi connectivity index (χ0v) is 11.5. The van der Waals surface area contributed by atoms with Gasteiger partial charge < -0.3 is 11.1 Å². The Morgan fingerprint density at radius 3 is 2.55 bits per heavy atom. The Hall–Kier alpha value is -2.36. The molecule has 2 rings (SSSR count). The van der Waals surface area contributed by atoms with E-state index in [0.29, 0.717) is 5.69 Å². The SMILES string of the molecule is Cc1ccc(CC(=O)Nc2ccc(N)cc2F)cc1C. The predicted octanol–water partition coefficient (Wildman–Crippen LogP) is 3.21. The number of hydrogen-bond acceptors (Lipinski definition) is 2. The largest absolute Gasteiger partial charge is 0.399 e. The summed E-state index contributed by atoms with van der Waals surface area (Å²) < 4.78 is 13.6. The highest BCUT2D eigenvalue weighted by molar-refractivity contribution is 5.92. The first-order chi connectivity index (χ1) is 9.45. The number of hydrogen-bond donors (Lipinski definition) is 2. The summed E-state index contributed by atoms with van der Waals surface area (Å²) in [5.74, 6) is -0.782. The van der Waals surface area contributed by atoms with E-state index in [1.165, 1.54) is 17.7 Å². The van der Waals surface area contributed by atoms with Crippen LogP contribution in [0.15, 0.2) is 36.4 Å². The number of nitrogen functional groups attached to an aromatic ring is 1. The molecule has 0 fully saturated rings. The van der Waals surface area contributed by atoms with Gasteiger partial charge >= 0.3 is 0 Å². The Kier molecular flexibility index (Phi) is 4.03. The molecule has 2 aromatic rings. The molecule has 0 aliphatic rings. The van der Waals surface area contributed by atoms with Crippen molar-refractivity contribution in [2.75, 3.05) is 11.1 Å². The number of halogens is 1. The minimum atomic E-state index is -0.529. The third kappa shape index (κ3) is 3.35. The number of benzene rings is 2. The van der Waals surface area contributed by atoms with Gasteiger partial charge in [-0.15, -0.1) is 0 Å². The van der Waals surface area contributed by atoms with E-state index in [2.05, 4.69) is 5.32 Å². The highest BCUT2D eigenvalue weighted by Crippen LogP contribution is 2.17. The summed E-state index contributed by atoms with van der Waals surface area (Å²) in [7, 11) is 0. The summed E-state index contributed by atoms with van der Waals surface area (Å²) in [6.45, 7) is 4.01. The van der Waals surface area contributed by atoms with Crippen LogP contribution in [0.2, 0.25) is 0 Å². The summed E-state index contributed by atoms with van der Waals surface area (Å²) in [6.07, 6.45) is 0.213. The van der Waals surface area contributed by atoms with Crippen LogP contribution in [0.5, 0.6) is 0 Å². The number of rotatable bonds is 3. The van der Waals surface area contributed by atoms with Gasteiger partial charge in [-0.3, -0.25) is 4.79 Å². The predicted molar refractivity (Wildman–Crippen MR) is 79.1 cm³/mol. The summed E-state index contributed by atoms with van der Waals surface area (Å²) in [4.78, 5) is 11.9. The van der Waals surface area contributed by atoms with Crippen molar-refractivity contribution < 1.29 is 9.18 Å². The fourth-order valence-electron chi connectivity index (χ4n) is 1.93. The second-order valence-corrected chi connectivity index (χ2v) is 4.88. The molecule has 0 atom stereocenters. The van der Waals surface area contributed by atoms with E-state index in [0.717, 1.165) is 11.1 Å². The third-order valence-electron chi connectivity index (χ3n) is 3.20. The molecule has 0 bridgehead atoms. The maximum atomic E-state index is 13.6. The van der Waals surface area contributed by atoms with Gasteiger partial charge in [0.15, 0.2) is 0 Å². The Labute approximate surface area is 117 Å². The Morgan fingerprint density at radius 2 is 1.90 bits per heavy atom. The van der Waals surface area contributed by atoms with E-state index in [1.54, 1.807) is 6.07 Å². The lowest BCUT2D eigenvalue weighted by Crippen LogP contribution is -2.15. The first kappa shape index (κ1) is 14.1. The standard InChI is InChI=1S/C16H17FN2O/c1-10-3-4-12(7-11(10)2)8-16(20)19-15-6-5-13(18)9-14(15)17/h3-7,9H,8,18H2,1-2H3,(H,19,20). The zero-order chi connectivity index (χ0) is 14.7. The lowest BCUT2D eigenvalue weighted by molar-refractivity contribution is -0.115. The molecule has 2 aromatic carbocycles. The molecule has 3 N–H and O–H groups in total. The first-order valence-corrected chi connectivity index (χ1v) is 6.36. The molecule has 0 aliphatic carbocycles. The van der Waals surface area contributed by atoms with Crippen LogP contribution in [0.4, 0.5) is 15.8 Å². The number of carbonyl (C=O) groups is 1. The number of nitrogens with one attached hydrogen (secondary N) is 1. The normalized spacial score (nSPS) is 10.3. The molecule has 0 spiro atoms. The lowest BCUT2D eigenvalue weighted by Gasteiger charge is -2.08. The fraction of sp³-hybridized carbons (Fsp3) is 0.188. The summed E-state index contributed by atoms with van der Waals surface area (Å²) in [5, 5.41) is 2.55. The Morgan fingerprint density at radius 1 is 1.15 bits per heavy atom. The van der Waals surface area contributed by atoms with Crippen molar-refractivity contribution in [3.05, 3.63) is 58.9 Å². The number of aryl methyl sites for hydroxylation is 2. The van der Waals surface area contributed by atoms with E-state index >= 15 is 0 Å². The zero-order valence-electron chi connectivity index (χ0n) is 11.5. The Balaban J connectivity index is 2.07. The summed E-state index contributed by atoms with van der Waals surface area (Å²) in [5.41, 5.74) is 9.15. The second kappa shape index (κ2) is 5.74. The average molecular weight is 272 g/mol. The molecule has 20 heavy (non-hydrogen) atoms. The second-order valence-electron chi connectivity index (χ2n) is 4.88. The van der Waals surface area contributed by atoms with Gasteiger partial charge in [0.1, 0.15) is 5.82 Å². The van der Waals surface area contributed by atoms with E-state index < -0.39 is 5.82 Å². The van der Waals surface area contributed by atoms with E-state index in [9.17, 15) is 9.18 Å². The van der Waals surface area contributed by atoms with Crippen molar-refractivity contribution >= 4 is 17.3 Å². The number of nitrogens with two attached hydrogens (primary N) is 1. The number of amides is 1. The van der Waals surface area contributed by atoms with Crippen LogP contribution in [0.25, 0.3) is 0 Å². The van der Waals surface area contributed by atoms with Crippen LogP contribution >= 0.6 is 0 Å². The Bertz CT molecular complexity index is 653. The van der Waals surface area contributed by atoms with Crippen LogP contribution in [-0.4, -0.2) is 5.91 Å². The molecule has 0 aliphatic heterocycles. The maximum absolute atomic E-state index is 13.6. The molecule has 3 nitrogen and oxygen atoms in total. The van der Waals surface area contributed by atoms with Crippen LogP contribution in [0, 0.1) is 19.7 Å². The lowest BCUT2D eigenvalue weighted by atomic mass is 10.0. The highest BCUT2D eigenvalue weighted by Gasteiger charge is 2.08. The van der Waals surface area contributed by atoms with Gasteiger partial charge in [0, 0.05) is 5.69 Å². The van der Waals surface area contributed by atoms with E-state index in [-0.39, 0.29) is 18.0 Å². The van der Waals surface area contributed by atoms with Crippen LogP contribution in [0.3, 0.4) is 0 Å². The average Bonchev–Trinajstić information content (AvgIpc) is 2.37. The van der Waals surface area contributed by atoms with Gasteiger partial charge in [-0.05, 0) is 48.7 Å². The molecule has 0 heterocycles. The van der Waals surface area contributed by atoms with Gasteiger partial charge in [-0.1, -0.05) is 18.2 Å². The summed E-state index contributed by atoms with van der Waals surface area (Å²) >= 11 is 0. The van der Waals surface area contributed by atoms with Gasteiger partial charge in [0.05, 0.1) is 12.1 Å². The molecule has 0 aromatic heterocycles. The minimum Gasteiger partial charge on any atom is -0.399 e. The van der Waals surface area contributed by atoms with Crippen molar-refractivity contribution in [3.8, 4) is 0 Å². The smallest absolute Gasteiger partial charge is 0.228 e. The van der Waals surface area contributed by atoms with Gasteiger partial charge in [-0.2, -0.15) is 0 Å². The molecule has 0 saturated heterocycles. The van der Waals surface area contributed by atoms with Gasteiger partial charge in [0.25, 0.3) is 0 Å². The first-order valence-electron chi connectivity index (χ1n) is 6.36. The third-order valence-corrected chi connectivity index (χ3v) is 3.20. The number of carbonyl (C=O) groups excluding carboxylic acids is 1. The van der Waals surface area contributed by atoms with Crippen molar-refractivity contribution in [2.45, 2.75) is 20.3 Å². The van der Waals surface area contributed by atoms with Crippen LogP contribution in [-0.2, 0) is 11.2 Å². The highest BCUT2D eigenvalue weighted by atomic mass is 19.1. The maximum Gasteiger partial charge on any atom is 0.228 e. The molecule has 0 saturated carbocycles. The quantitative estimate of drug-likeness (QED) is 0.843. The van der Waals surface area contributed by atoms with Crippen molar-refractivity contribution in [1.29, 1.82) is 0 Å². The van der Waals surface area contributed by atoms with Gasteiger partial charge in [-0.25, -0.2) is 4.39 Å². The van der Waals surface area contributed by atoms with E-state index in [4.69, 9.17) is 5.73 Å². The van der Waals surface area contributed by atoms with Crippen molar-refractivity contribution in [3.63, 3.8) is 0 Å². The van der Waals surface area contributed by atoms with Crippen molar-refractivity contribution in [2.24, 2.45) is 0 Å². The minimum absolute atomic E-state index is 0.146. The molecule has 1 amide bonds. The molecule has 0 radical (unpaired) electrons. The van der Waals surface area contributed by atoms with E-state index in [1.807, 2.05) is 32.0 Å². The monoisotopic (exact) mass is 272 g/mol. The molecule has 0 unspecified atom stereocenters. The van der Waals surface area contributed by atoms with Crippen LogP contribution < -0.4 is 11.1 Å². The molecule has 4 heteroatoms. The fourth-order valence-corrected chi connectivity index (χ4v) is 1.93. The molecular formula is C16H17FN2O. The van der Waals surface area contributed by atoms with Crippen molar-refractivity contribution in [1.82, 2.24) is 0 Å². The van der Waals surface area contributed by atoms with Crippen LogP contribution in [0.1, 0.15) is 16.7 Å². The molecule has 104 valence electrons. The van der Waals surface area contributed by atoms with Gasteiger partial charge in [0.2, 0.25) is 5.91 Å². The molecular weight excluding hydrogens is 255 g/mol. The summed E-state index contributed by atoms with van der Waals surface area (Å²) in [6, 6.07) is 10.0. The topological polar surface area (TPSA) is 55.1 Å².